The quantitative estimate of drug-likeness (QED) is 0.465. The SMILES string of the molecule is COc1ccccc1Oc1c(C)oc2c(C[NH+](C)Cc3ccccc3)c(O)ccc2c1=O. The highest BCUT2D eigenvalue weighted by Crippen LogP contribution is 2.33. The number of benzene rings is 3. The molecule has 0 saturated heterocycles. The van der Waals surface area contributed by atoms with Gasteiger partial charge in [0.2, 0.25) is 11.2 Å². The van der Waals surface area contributed by atoms with Gasteiger partial charge in [-0.2, -0.15) is 0 Å². The number of hydrogen-bond acceptors (Lipinski definition) is 5. The van der Waals surface area contributed by atoms with Crippen molar-refractivity contribution in [2.24, 2.45) is 0 Å². The van der Waals surface area contributed by atoms with Crippen LogP contribution in [0.3, 0.4) is 0 Å². The van der Waals surface area contributed by atoms with E-state index in [4.69, 9.17) is 13.9 Å². The van der Waals surface area contributed by atoms with Crippen LogP contribution in [0.2, 0.25) is 0 Å². The van der Waals surface area contributed by atoms with Crippen molar-refractivity contribution in [1.82, 2.24) is 0 Å². The van der Waals surface area contributed by atoms with Crippen molar-refractivity contribution in [2.45, 2.75) is 20.0 Å². The van der Waals surface area contributed by atoms with E-state index in [0.717, 1.165) is 11.4 Å². The summed E-state index contributed by atoms with van der Waals surface area (Å²) in [4.78, 5) is 14.4. The van der Waals surface area contributed by atoms with Crippen LogP contribution in [-0.4, -0.2) is 19.3 Å². The van der Waals surface area contributed by atoms with Crippen LogP contribution in [0.1, 0.15) is 16.9 Å². The first-order chi connectivity index (χ1) is 15.5. The lowest BCUT2D eigenvalue weighted by Gasteiger charge is -2.17. The standard InChI is InChI=1S/C26H25NO5/c1-17-25(32-23-12-8-7-11-22(23)30-3)24(29)19-13-14-21(28)20(26(19)31-17)16-27(2)15-18-9-5-4-6-10-18/h4-14,28H,15-16H2,1-3H3/p+1. The fourth-order valence-electron chi connectivity index (χ4n) is 3.81. The van der Waals surface area contributed by atoms with E-state index in [0.29, 0.717) is 40.3 Å². The number of phenols is 1. The van der Waals surface area contributed by atoms with Crippen LogP contribution in [0, 0.1) is 6.92 Å². The fourth-order valence-corrected chi connectivity index (χ4v) is 3.81. The van der Waals surface area contributed by atoms with Crippen LogP contribution in [0.15, 0.2) is 75.9 Å². The molecule has 1 atom stereocenters. The maximum atomic E-state index is 13.3. The summed E-state index contributed by atoms with van der Waals surface area (Å²) in [6.45, 7) is 2.95. The molecule has 6 nitrogen and oxygen atoms in total. The monoisotopic (exact) mass is 432 g/mol. The van der Waals surface area contributed by atoms with Gasteiger partial charge in [0.15, 0.2) is 17.1 Å². The first kappa shape index (κ1) is 21.5. The second-order valence-corrected chi connectivity index (χ2v) is 7.81. The Bertz CT molecular complexity index is 1300. The molecule has 1 heterocycles. The molecule has 0 aliphatic rings. The van der Waals surface area contributed by atoms with Crippen LogP contribution in [0.4, 0.5) is 0 Å². The molecule has 0 aliphatic heterocycles. The Morgan fingerprint density at radius 2 is 1.62 bits per heavy atom. The van der Waals surface area contributed by atoms with Crippen molar-refractivity contribution in [3.63, 3.8) is 0 Å². The molecule has 0 amide bonds. The molecule has 4 rings (SSSR count). The number of quaternary nitrogens is 1. The lowest BCUT2D eigenvalue weighted by atomic mass is 10.1. The molecular weight excluding hydrogens is 406 g/mol. The Labute approximate surface area is 186 Å². The van der Waals surface area contributed by atoms with Crippen LogP contribution in [-0.2, 0) is 13.1 Å². The molecule has 4 aromatic rings. The van der Waals surface area contributed by atoms with E-state index in [1.807, 2.05) is 31.3 Å². The van der Waals surface area contributed by atoms with Gasteiger partial charge >= 0.3 is 0 Å². The van der Waals surface area contributed by atoms with Gasteiger partial charge in [-0.25, -0.2) is 0 Å². The Morgan fingerprint density at radius 1 is 0.938 bits per heavy atom. The molecule has 0 aliphatic carbocycles. The van der Waals surface area contributed by atoms with Crippen molar-refractivity contribution >= 4 is 11.0 Å². The largest absolute Gasteiger partial charge is 0.507 e. The third kappa shape index (κ3) is 4.31. The van der Waals surface area contributed by atoms with Crippen LogP contribution in [0.5, 0.6) is 23.0 Å². The molecule has 2 N–H and O–H groups in total. The van der Waals surface area contributed by atoms with E-state index in [1.165, 1.54) is 11.6 Å². The van der Waals surface area contributed by atoms with Crippen molar-refractivity contribution in [3.8, 4) is 23.0 Å². The van der Waals surface area contributed by atoms with Crippen LogP contribution < -0.4 is 19.8 Å². The fraction of sp³-hybridized carbons (Fsp3) is 0.192. The number of phenolic OH excluding ortho intramolecular Hbond substituents is 1. The number of nitrogens with one attached hydrogen (secondary N) is 1. The third-order valence-electron chi connectivity index (χ3n) is 5.37. The number of rotatable bonds is 7. The Kier molecular flexibility index (Phi) is 6.14. The molecule has 0 fully saturated rings. The van der Waals surface area contributed by atoms with Gasteiger partial charge in [-0.1, -0.05) is 42.5 Å². The number of hydrogen-bond donors (Lipinski definition) is 2. The number of ether oxygens (including phenoxy) is 2. The highest BCUT2D eigenvalue weighted by molar-refractivity contribution is 5.83. The highest BCUT2D eigenvalue weighted by Gasteiger charge is 2.21. The molecule has 6 heteroatoms. The molecule has 0 spiro atoms. The van der Waals surface area contributed by atoms with E-state index in [1.54, 1.807) is 38.3 Å². The molecule has 1 unspecified atom stereocenters. The van der Waals surface area contributed by atoms with E-state index in [-0.39, 0.29) is 16.9 Å². The zero-order valence-electron chi connectivity index (χ0n) is 18.3. The number of aromatic hydroxyl groups is 1. The second kappa shape index (κ2) is 9.16. The summed E-state index contributed by atoms with van der Waals surface area (Å²) in [5, 5.41) is 10.9. The Hall–Kier alpha value is -3.77. The molecule has 164 valence electrons. The van der Waals surface area contributed by atoms with Crippen LogP contribution >= 0.6 is 0 Å². The van der Waals surface area contributed by atoms with Gasteiger partial charge in [-0.05, 0) is 31.2 Å². The van der Waals surface area contributed by atoms with E-state index < -0.39 is 0 Å². The molecular formula is C26H26NO5+. The smallest absolute Gasteiger partial charge is 0.235 e. The normalized spacial score (nSPS) is 12.0. The van der Waals surface area contributed by atoms with Crippen molar-refractivity contribution < 1.29 is 23.9 Å². The summed E-state index contributed by atoms with van der Waals surface area (Å²) in [5.74, 6) is 1.48. The number of para-hydroxylation sites is 2. The van der Waals surface area contributed by atoms with E-state index in [9.17, 15) is 9.90 Å². The predicted octanol–water partition coefficient (Wildman–Crippen LogP) is 3.82. The maximum absolute atomic E-state index is 13.3. The summed E-state index contributed by atoms with van der Waals surface area (Å²) >= 11 is 0. The first-order valence-electron chi connectivity index (χ1n) is 10.4. The van der Waals surface area contributed by atoms with Gasteiger partial charge in [0, 0.05) is 5.56 Å². The topological polar surface area (TPSA) is 73.3 Å². The molecule has 0 bridgehead atoms. The minimum absolute atomic E-state index is 0.101. The lowest BCUT2D eigenvalue weighted by Crippen LogP contribution is -3.06. The summed E-state index contributed by atoms with van der Waals surface area (Å²) < 4.78 is 17.3. The first-order valence-corrected chi connectivity index (χ1v) is 10.4. The van der Waals surface area contributed by atoms with Gasteiger partial charge in [0.05, 0.1) is 25.1 Å². The van der Waals surface area contributed by atoms with Crippen molar-refractivity contribution in [2.75, 3.05) is 14.2 Å². The van der Waals surface area contributed by atoms with Gasteiger partial charge in [0.1, 0.15) is 24.6 Å². The summed E-state index contributed by atoms with van der Waals surface area (Å²) in [5.41, 5.74) is 1.87. The minimum atomic E-state index is -0.295. The molecule has 3 aromatic carbocycles. The highest BCUT2D eigenvalue weighted by atomic mass is 16.5. The molecule has 32 heavy (non-hydrogen) atoms. The van der Waals surface area contributed by atoms with Gasteiger partial charge in [-0.3, -0.25) is 4.79 Å². The van der Waals surface area contributed by atoms with Gasteiger partial charge < -0.3 is 23.9 Å². The van der Waals surface area contributed by atoms with Crippen molar-refractivity contribution in [1.29, 1.82) is 0 Å². The zero-order valence-corrected chi connectivity index (χ0v) is 18.3. The van der Waals surface area contributed by atoms with Crippen molar-refractivity contribution in [3.05, 3.63) is 93.8 Å². The third-order valence-corrected chi connectivity index (χ3v) is 5.37. The summed E-state index contributed by atoms with van der Waals surface area (Å²) in [6.07, 6.45) is 0. The number of fused-ring (bicyclic) bond motifs is 1. The average Bonchev–Trinajstić information content (AvgIpc) is 2.79. The van der Waals surface area contributed by atoms with E-state index in [2.05, 4.69) is 12.1 Å². The number of aryl methyl sites for hydroxylation is 1. The molecule has 0 radical (unpaired) electrons. The summed E-state index contributed by atoms with van der Waals surface area (Å²) in [7, 11) is 3.58. The summed E-state index contributed by atoms with van der Waals surface area (Å²) in [6, 6.07) is 20.3. The minimum Gasteiger partial charge on any atom is -0.507 e. The predicted molar refractivity (Wildman–Crippen MR) is 123 cm³/mol. The maximum Gasteiger partial charge on any atom is 0.235 e. The lowest BCUT2D eigenvalue weighted by molar-refractivity contribution is -0.907. The van der Waals surface area contributed by atoms with Gasteiger partial charge in [-0.15, -0.1) is 0 Å². The Morgan fingerprint density at radius 3 is 2.34 bits per heavy atom. The molecule has 0 saturated carbocycles. The average molecular weight is 432 g/mol. The zero-order chi connectivity index (χ0) is 22.7. The second-order valence-electron chi connectivity index (χ2n) is 7.81. The Balaban J connectivity index is 1.71. The van der Waals surface area contributed by atoms with Crippen LogP contribution in [0.25, 0.3) is 11.0 Å². The van der Waals surface area contributed by atoms with E-state index >= 15 is 0 Å². The number of methoxy groups -OCH3 is 1. The van der Waals surface area contributed by atoms with Gasteiger partial charge in [0.25, 0.3) is 0 Å². The molecule has 1 aromatic heterocycles.